The van der Waals surface area contributed by atoms with Gasteiger partial charge in [0.2, 0.25) is 0 Å². The van der Waals surface area contributed by atoms with Gasteiger partial charge in [-0.3, -0.25) is 30.2 Å². The van der Waals surface area contributed by atoms with Gasteiger partial charge in [-0.1, -0.05) is 125 Å². The topological polar surface area (TPSA) is 125 Å². The van der Waals surface area contributed by atoms with Crippen LogP contribution in [-0.4, -0.2) is 244 Å². The van der Waals surface area contributed by atoms with Crippen molar-refractivity contribution in [2.45, 2.75) is 83.1 Å². The molecule has 11 aromatic carbocycles. The van der Waals surface area contributed by atoms with E-state index in [0.29, 0.717) is 0 Å². The summed E-state index contributed by atoms with van der Waals surface area (Å²) >= 11 is 3.74. The molecular formula is C96H95Cl4K7N8O4PRu2-. The molecule has 4 heterocycles. The Hall–Kier alpha value is 1.75. The van der Waals surface area contributed by atoms with Gasteiger partial charge in [0.05, 0.1) is 17.8 Å². The van der Waals surface area contributed by atoms with Crippen molar-refractivity contribution in [2.24, 2.45) is 0 Å². The molecule has 17 rings (SSSR count). The first-order valence-corrected chi connectivity index (χ1v) is 101. The van der Waals surface area contributed by atoms with Crippen molar-refractivity contribution in [3.8, 4) is 22.3 Å². The first-order chi connectivity index (χ1) is 58.4. The molecule has 2 aliphatic heterocycles. The molecule has 0 saturated carbocycles. The van der Waals surface area contributed by atoms with E-state index in [2.05, 4.69) is 338 Å². The first-order valence-electron chi connectivity index (χ1n) is 40.7. The van der Waals surface area contributed by atoms with Gasteiger partial charge in [-0.25, -0.2) is 0 Å². The van der Waals surface area contributed by atoms with E-state index in [-0.39, 0.29) is 64.2 Å². The summed E-state index contributed by atoms with van der Waals surface area (Å²) in [6.07, 6.45) is 5.40. The van der Waals surface area contributed by atoms with Crippen molar-refractivity contribution >= 4 is 294 Å². The zero-order chi connectivity index (χ0) is 88.0. The summed E-state index contributed by atoms with van der Waals surface area (Å²) in [6.45, 7) is 35.1. The van der Waals surface area contributed by atoms with Gasteiger partial charge in [-0.05, 0) is 176 Å². The van der Waals surface area contributed by atoms with Gasteiger partial charge in [-0.15, -0.1) is 0 Å². The largest absolute Gasteiger partial charge is 0.102 e. The van der Waals surface area contributed by atoms with Crippen molar-refractivity contribution in [1.29, 1.82) is 0 Å². The van der Waals surface area contributed by atoms with Crippen LogP contribution in [0.4, 0.5) is 34.1 Å². The fourth-order valence-electron chi connectivity index (χ4n) is 15.6. The van der Waals surface area contributed by atoms with E-state index in [0.717, 1.165) is 26.2 Å². The summed E-state index contributed by atoms with van der Waals surface area (Å²) in [7, 11) is 24.0. The molecule has 0 spiro atoms. The number of fused-ring (bicyclic) bond motifs is 6. The van der Waals surface area contributed by atoms with Gasteiger partial charge in [0.25, 0.3) is 11.4 Å². The van der Waals surface area contributed by atoms with Gasteiger partial charge in [0, 0.05) is 73.5 Å². The number of anilines is 4. The van der Waals surface area contributed by atoms with Gasteiger partial charge in [0.1, 0.15) is 28.3 Å². The second kappa shape index (κ2) is 58.2. The molecule has 0 radical (unpaired) electrons. The van der Waals surface area contributed by atoms with Crippen LogP contribution in [0.5, 0.6) is 0 Å². The zero-order valence-electron chi connectivity index (χ0n) is 74.5. The molecule has 0 atom stereocenters. The molecule has 0 N–H and O–H groups in total. The van der Waals surface area contributed by atoms with E-state index in [1.165, 1.54) is 397 Å². The number of nitrogens with zero attached hydrogens (tertiary/aromatic N) is 8. The Morgan fingerprint density at radius 2 is 0.525 bits per heavy atom. The molecule has 122 heavy (non-hydrogen) atoms. The molecule has 2 aromatic heterocycles. The smallest absolute Gasteiger partial charge is 0.0620 e. The summed E-state index contributed by atoms with van der Waals surface area (Å²) < 4.78 is 2.33. The Labute approximate surface area is 930 Å². The molecule has 2 fully saturated rings. The zero-order valence-corrected chi connectivity index (χ0v) is 103. The van der Waals surface area contributed by atoms with Crippen molar-refractivity contribution in [3.05, 3.63) is 408 Å². The Morgan fingerprint density at radius 1 is 0.328 bits per heavy atom. The number of hydrogen-bond acceptors (Lipinski definition) is 10. The van der Waals surface area contributed by atoms with Gasteiger partial charge in [0.15, 0.2) is 0 Å². The van der Waals surface area contributed by atoms with Crippen molar-refractivity contribution in [1.82, 2.24) is 9.97 Å². The Morgan fingerprint density at radius 3 is 0.697 bits per heavy atom. The number of pyridine rings is 2. The number of hydrogen-bond donors (Lipinski definition) is 0. The molecule has 12 nitrogen and oxygen atoms in total. The Kier molecular flexibility index (Phi) is 52.9. The minimum atomic E-state index is -1.88. The maximum atomic E-state index is 9.97. The quantitative estimate of drug-likeness (QED) is 0.0453. The van der Waals surface area contributed by atoms with Crippen LogP contribution >= 0.6 is 46.7 Å². The number of benzene rings is 11. The van der Waals surface area contributed by atoms with Crippen molar-refractivity contribution < 1.29 is 89.7 Å². The SMILES string of the molecule is Cc1cc(C)c(N2[CH-]N(c3c(C)cc(C)cc3C)CC2)c(C)c1.Cc1cc(C)c(N2[CH-]N(c3c(C)cc(C)cc3C)CC2)c(C)c1.O=[N+]([O-])c1cccnc1.O=[N+]([O-])c1cccnc1.[Cl][Ru]([Cl])=[C]1c2ccccc2-c2ccccc21.[Cl][Ru]([Cl])=[C]1c2ccccc2-c2ccccc21.[H-].[K+].[K][K].[K][K].[K][K].c1ccc([PH+](c2ccccc2)c2ccccc2)cc1. The van der Waals surface area contributed by atoms with E-state index in [9.17, 15) is 20.2 Å². The number of halogens is 4. The monoisotopic (exact) mass is 2070 g/mol. The van der Waals surface area contributed by atoms with Crippen LogP contribution in [0.25, 0.3) is 22.3 Å². The molecule has 2 aliphatic carbocycles. The predicted molar refractivity (Wildman–Crippen MR) is 518 cm³/mol. The number of rotatable bonds is 9. The van der Waals surface area contributed by atoms with Crippen LogP contribution in [0, 0.1) is 117 Å². The van der Waals surface area contributed by atoms with E-state index < -0.39 is 44.8 Å². The van der Waals surface area contributed by atoms with E-state index in [1.54, 1.807) is 0 Å². The molecule has 4 aliphatic rings. The van der Waals surface area contributed by atoms with Crippen molar-refractivity contribution in [3.63, 3.8) is 0 Å². The average Bonchev–Trinajstić information content (AvgIpc) is 1.61. The van der Waals surface area contributed by atoms with Gasteiger partial charge < -0.3 is 21.0 Å². The fourth-order valence-corrected chi connectivity index (χ4v) is 24.5. The van der Waals surface area contributed by atoms with Crippen LogP contribution in [0.3, 0.4) is 0 Å². The summed E-state index contributed by atoms with van der Waals surface area (Å²) in [4.78, 5) is 35.7. The molecule has 2 saturated heterocycles. The second-order valence-electron chi connectivity index (χ2n) is 28.6. The molecule has 600 valence electrons. The predicted octanol–water partition coefficient (Wildman–Crippen LogP) is 18.3. The van der Waals surface area contributed by atoms with Gasteiger partial charge in [-0.2, -0.15) is 13.3 Å². The minimum Gasteiger partial charge on any atom is -0.0620 e. The van der Waals surface area contributed by atoms with E-state index >= 15 is 0 Å². The molecular weight excluding hydrogens is 1980 g/mol. The number of aromatic nitrogens is 2. The molecule has 13 aromatic rings. The fraction of sp³-hybridized carbons (Fsp3) is 0.167. The van der Waals surface area contributed by atoms with Crippen LogP contribution in [-0.2, 0) is 27.0 Å². The standard InChI is InChI=1S/2C21H27N2.C18H15P.2C13H8.2C5H4N2O2.4ClH.7K.2Ru.H/c2*1-14-9-16(3)20(17(4)10-14)22-7-8-23(13-22)21-18(5)11-15(2)12-19(21)6;1-4-10-16(11-5-1)19(17-12-6-2-7-13-17)18-14-8-3-9-15-18;2*1-3-7-12-10(5-1)9-11-6-2-4-8-13(11)12;2*8-7(9)5-2-1-3-6-4-5;;;;;;;;;;;;;;/h2*9-13H,7-8H2,1-6H3;1-15H;2*1-8H;2*1-4H;4*1H;;;;;;;;;;/q2*-1;;;;;;;;;;;;;;;;+1;2*+2;-1/p-3. The summed E-state index contributed by atoms with van der Waals surface area (Å²) in [5.41, 5.74) is 31.6. The van der Waals surface area contributed by atoms with Crippen molar-refractivity contribution in [2.75, 3.05) is 45.8 Å². The third-order valence-corrected chi connectivity index (χ3v) is 28.9. The van der Waals surface area contributed by atoms with Crippen LogP contribution in [0.15, 0.2) is 286 Å². The molecule has 0 amide bonds. The van der Waals surface area contributed by atoms with Crippen LogP contribution in [0.1, 0.15) is 90.4 Å². The number of nitro groups is 2. The van der Waals surface area contributed by atoms with Crippen LogP contribution in [0.2, 0.25) is 0 Å². The molecule has 26 heteroatoms. The third kappa shape index (κ3) is 31.9. The maximum absolute atomic E-state index is 9.97. The Balaban J connectivity index is 0.000000223. The van der Waals surface area contributed by atoms with Gasteiger partial charge >= 0.3 is 456 Å². The molecule has 0 bridgehead atoms. The Bertz CT molecular complexity index is 5000. The number of aryl methyl sites for hydroxylation is 12. The van der Waals surface area contributed by atoms with Crippen LogP contribution < -0.4 is 86.9 Å². The first kappa shape index (κ1) is 111. The summed E-state index contributed by atoms with van der Waals surface area (Å²) in [5.74, 6) is 0. The average molecular weight is 2070 g/mol. The summed E-state index contributed by atoms with van der Waals surface area (Å²) in [6, 6.07) is 89.9. The minimum absolute atomic E-state index is 0. The molecule has 0 unspecified atom stereocenters. The second-order valence-corrected chi connectivity index (χ2v) is 42.5. The summed E-state index contributed by atoms with van der Waals surface area (Å²) in [5, 5.41) is 24.2. The van der Waals surface area contributed by atoms with E-state index in [1.807, 2.05) is 24.3 Å². The third-order valence-electron chi connectivity index (χ3n) is 19.8. The van der Waals surface area contributed by atoms with E-state index in [4.69, 9.17) is 38.8 Å². The normalized spacial score (nSPS) is 12.2. The maximum Gasteiger partial charge on any atom is 0.102 e.